The zero-order valence-electron chi connectivity index (χ0n) is 13.1. The second-order valence-corrected chi connectivity index (χ2v) is 5.63. The minimum atomic E-state index is -0.594. The van der Waals surface area contributed by atoms with Crippen molar-refractivity contribution in [3.05, 3.63) is 59.7 Å². The van der Waals surface area contributed by atoms with Gasteiger partial charge in [0, 0.05) is 12.6 Å². The minimum absolute atomic E-state index is 0. The van der Waals surface area contributed by atoms with Gasteiger partial charge in [-0.2, -0.15) is 0 Å². The Hall–Kier alpha value is -1.75. The monoisotopic (exact) mass is 337 g/mol. The van der Waals surface area contributed by atoms with Gasteiger partial charge in [0.05, 0.1) is 6.10 Å². The summed E-state index contributed by atoms with van der Waals surface area (Å²) in [4.78, 5) is 0. The van der Waals surface area contributed by atoms with Crippen LogP contribution in [0.15, 0.2) is 48.5 Å². The van der Waals surface area contributed by atoms with E-state index in [0.717, 1.165) is 24.0 Å². The number of rotatable bonds is 7. The number of nitrogens with one attached hydrogen (secondary N) is 1. The lowest BCUT2D eigenvalue weighted by molar-refractivity contribution is 0.170. The van der Waals surface area contributed by atoms with Gasteiger partial charge in [-0.15, -0.1) is 12.4 Å². The van der Waals surface area contributed by atoms with Gasteiger partial charge in [-0.3, -0.25) is 0 Å². The van der Waals surface area contributed by atoms with Gasteiger partial charge in [0.15, 0.2) is 0 Å². The maximum atomic E-state index is 10.1. The molecule has 0 aliphatic carbocycles. The van der Waals surface area contributed by atoms with Crippen LogP contribution in [0, 0.1) is 0 Å². The summed E-state index contributed by atoms with van der Waals surface area (Å²) >= 11 is 0. The third-order valence-electron chi connectivity index (χ3n) is 3.71. The van der Waals surface area contributed by atoms with E-state index in [0.29, 0.717) is 12.3 Å². The lowest BCUT2D eigenvalue weighted by Gasteiger charge is -2.17. The average molecular weight is 338 g/mol. The smallest absolute Gasteiger partial charge is 0.115 e. The Morgan fingerprint density at radius 2 is 1.70 bits per heavy atom. The topological polar surface area (TPSA) is 72.7 Å². The maximum absolute atomic E-state index is 10.1. The van der Waals surface area contributed by atoms with Gasteiger partial charge in [0.25, 0.3) is 0 Å². The van der Waals surface area contributed by atoms with E-state index in [1.807, 2.05) is 12.1 Å². The quantitative estimate of drug-likeness (QED) is 0.626. The molecule has 126 valence electrons. The predicted octanol–water partition coefficient (Wildman–Crippen LogP) is 3.16. The molecule has 0 bridgehead atoms. The van der Waals surface area contributed by atoms with Crippen LogP contribution >= 0.6 is 12.4 Å². The largest absolute Gasteiger partial charge is 0.508 e. The van der Waals surface area contributed by atoms with E-state index < -0.39 is 6.10 Å². The molecule has 0 saturated carbocycles. The van der Waals surface area contributed by atoms with Gasteiger partial charge in [0.1, 0.15) is 11.5 Å². The minimum Gasteiger partial charge on any atom is -0.508 e. The van der Waals surface area contributed by atoms with Crippen molar-refractivity contribution in [3.8, 4) is 11.5 Å². The van der Waals surface area contributed by atoms with Gasteiger partial charge >= 0.3 is 0 Å². The molecule has 0 fully saturated rings. The number of halogens is 1. The van der Waals surface area contributed by atoms with Gasteiger partial charge in [-0.25, -0.2) is 0 Å². The summed E-state index contributed by atoms with van der Waals surface area (Å²) in [6, 6.07) is 14.1. The lowest BCUT2D eigenvalue weighted by atomic mass is 10.0. The molecule has 0 radical (unpaired) electrons. The number of aryl methyl sites for hydroxylation is 1. The van der Waals surface area contributed by atoms with Crippen LogP contribution in [0.2, 0.25) is 0 Å². The standard InChI is InChI=1S/C18H23NO3.ClH/c1-13(5-6-14-3-2-4-17(21)11-14)19-12-18(22)15-7-9-16(20)10-8-15;/h2-4,7-11,13,18-22H,5-6,12H2,1H3;1H/t13-,18+;/m1./s1. The molecule has 0 aliphatic rings. The van der Waals surface area contributed by atoms with Gasteiger partial charge in [0.2, 0.25) is 0 Å². The number of benzene rings is 2. The molecule has 2 aromatic carbocycles. The van der Waals surface area contributed by atoms with E-state index in [2.05, 4.69) is 12.2 Å². The van der Waals surface area contributed by atoms with Crippen LogP contribution < -0.4 is 5.32 Å². The summed E-state index contributed by atoms with van der Waals surface area (Å²) in [6.07, 6.45) is 1.20. The van der Waals surface area contributed by atoms with E-state index in [-0.39, 0.29) is 24.2 Å². The van der Waals surface area contributed by atoms with Gasteiger partial charge in [-0.05, 0) is 55.2 Å². The molecule has 0 unspecified atom stereocenters. The van der Waals surface area contributed by atoms with Crippen molar-refractivity contribution in [3.63, 3.8) is 0 Å². The van der Waals surface area contributed by atoms with Crippen molar-refractivity contribution < 1.29 is 15.3 Å². The first-order chi connectivity index (χ1) is 10.5. The summed E-state index contributed by atoms with van der Waals surface area (Å²) in [7, 11) is 0. The van der Waals surface area contributed by atoms with Gasteiger partial charge < -0.3 is 20.6 Å². The second-order valence-electron chi connectivity index (χ2n) is 5.63. The molecule has 0 aliphatic heterocycles. The maximum Gasteiger partial charge on any atom is 0.115 e. The molecule has 5 heteroatoms. The Morgan fingerprint density at radius 3 is 2.35 bits per heavy atom. The summed E-state index contributed by atoms with van der Waals surface area (Å²) < 4.78 is 0. The number of aliphatic hydroxyl groups excluding tert-OH is 1. The van der Waals surface area contributed by atoms with Crippen molar-refractivity contribution in [1.29, 1.82) is 0 Å². The van der Waals surface area contributed by atoms with Crippen LogP contribution in [0.25, 0.3) is 0 Å². The Kier molecular flexibility index (Phi) is 7.89. The van der Waals surface area contributed by atoms with Crippen molar-refractivity contribution in [1.82, 2.24) is 5.32 Å². The molecule has 4 nitrogen and oxygen atoms in total. The average Bonchev–Trinajstić information content (AvgIpc) is 2.51. The molecule has 2 atom stereocenters. The summed E-state index contributed by atoms with van der Waals surface area (Å²) in [6.45, 7) is 2.54. The number of aromatic hydroxyl groups is 2. The molecule has 0 heterocycles. The second kappa shape index (κ2) is 9.40. The molecule has 0 spiro atoms. The van der Waals surface area contributed by atoms with E-state index in [9.17, 15) is 15.3 Å². The lowest BCUT2D eigenvalue weighted by Crippen LogP contribution is -2.30. The van der Waals surface area contributed by atoms with Crippen LogP contribution in [0.1, 0.15) is 30.6 Å². The first kappa shape index (κ1) is 19.3. The summed E-state index contributed by atoms with van der Waals surface area (Å²) in [5.41, 5.74) is 1.89. The number of phenolic OH excluding ortho intramolecular Hbond substituents is 2. The van der Waals surface area contributed by atoms with Crippen molar-refractivity contribution >= 4 is 12.4 Å². The van der Waals surface area contributed by atoms with E-state index in [1.54, 1.807) is 36.4 Å². The van der Waals surface area contributed by atoms with Crippen molar-refractivity contribution in [2.45, 2.75) is 31.9 Å². The molecule has 0 aromatic heterocycles. The van der Waals surface area contributed by atoms with Gasteiger partial charge in [-0.1, -0.05) is 24.3 Å². The third kappa shape index (κ3) is 6.48. The number of hydrogen-bond donors (Lipinski definition) is 4. The first-order valence-electron chi connectivity index (χ1n) is 7.53. The fourth-order valence-corrected chi connectivity index (χ4v) is 2.32. The highest BCUT2D eigenvalue weighted by atomic mass is 35.5. The van der Waals surface area contributed by atoms with Crippen LogP contribution in [-0.2, 0) is 6.42 Å². The van der Waals surface area contributed by atoms with Crippen LogP contribution in [0.4, 0.5) is 0 Å². The molecule has 4 N–H and O–H groups in total. The summed E-state index contributed by atoms with van der Waals surface area (Å²) in [5, 5.41) is 32.1. The zero-order chi connectivity index (χ0) is 15.9. The molecule has 2 aromatic rings. The summed E-state index contributed by atoms with van der Waals surface area (Å²) in [5.74, 6) is 0.490. The number of hydrogen-bond acceptors (Lipinski definition) is 4. The Morgan fingerprint density at radius 1 is 1.00 bits per heavy atom. The number of aliphatic hydroxyl groups is 1. The fraction of sp³-hybridized carbons (Fsp3) is 0.333. The van der Waals surface area contributed by atoms with Crippen LogP contribution in [0.5, 0.6) is 11.5 Å². The normalized spacial score (nSPS) is 13.1. The Bertz CT molecular complexity index is 589. The molecule has 23 heavy (non-hydrogen) atoms. The fourth-order valence-electron chi connectivity index (χ4n) is 2.32. The SMILES string of the molecule is C[C@H](CCc1cccc(O)c1)NC[C@H](O)c1ccc(O)cc1.Cl. The third-order valence-corrected chi connectivity index (χ3v) is 3.71. The predicted molar refractivity (Wildman–Crippen MR) is 94.2 cm³/mol. The molecule has 0 saturated heterocycles. The molecule has 2 rings (SSSR count). The van der Waals surface area contributed by atoms with Crippen molar-refractivity contribution in [2.24, 2.45) is 0 Å². The zero-order valence-corrected chi connectivity index (χ0v) is 14.0. The molecule has 0 amide bonds. The van der Waals surface area contributed by atoms with Crippen LogP contribution in [0.3, 0.4) is 0 Å². The van der Waals surface area contributed by atoms with E-state index >= 15 is 0 Å². The molecular weight excluding hydrogens is 314 g/mol. The Labute approximate surface area is 143 Å². The number of phenols is 2. The van der Waals surface area contributed by atoms with E-state index in [1.165, 1.54) is 0 Å². The Balaban J connectivity index is 0.00000264. The highest BCUT2D eigenvalue weighted by Gasteiger charge is 2.09. The van der Waals surface area contributed by atoms with E-state index in [4.69, 9.17) is 0 Å². The van der Waals surface area contributed by atoms with Crippen LogP contribution in [-0.4, -0.2) is 27.9 Å². The first-order valence-corrected chi connectivity index (χ1v) is 7.53. The van der Waals surface area contributed by atoms with Crippen molar-refractivity contribution in [2.75, 3.05) is 6.54 Å². The molecular formula is C18H24ClNO3. The highest BCUT2D eigenvalue weighted by molar-refractivity contribution is 5.85. The highest BCUT2D eigenvalue weighted by Crippen LogP contribution is 2.17.